The Labute approximate surface area is 118 Å². The molecule has 19 heavy (non-hydrogen) atoms. The third-order valence-electron chi connectivity index (χ3n) is 3.80. The van der Waals surface area contributed by atoms with Gasteiger partial charge in [-0.3, -0.25) is 4.79 Å². The van der Waals surface area contributed by atoms with Gasteiger partial charge < -0.3 is 10.0 Å². The molecule has 0 aliphatic carbocycles. The molecule has 4 heteroatoms. The minimum atomic E-state index is -0.180. The van der Waals surface area contributed by atoms with E-state index in [-0.39, 0.29) is 18.6 Å². The first-order chi connectivity index (χ1) is 9.15. The van der Waals surface area contributed by atoms with Gasteiger partial charge in [0.2, 0.25) is 0 Å². The molecule has 1 aliphatic heterocycles. The van der Waals surface area contributed by atoms with Crippen molar-refractivity contribution in [2.45, 2.75) is 32.7 Å². The highest BCUT2D eigenvalue weighted by Crippen LogP contribution is 2.27. The highest BCUT2D eigenvalue weighted by Gasteiger charge is 2.30. The first kappa shape index (κ1) is 14.1. The molecule has 3 nitrogen and oxygen atoms in total. The molecule has 0 saturated carbocycles. The second kappa shape index (κ2) is 6.23. The van der Waals surface area contributed by atoms with Gasteiger partial charge in [0.05, 0.1) is 0 Å². The molecular weight excluding hydrogens is 258 g/mol. The van der Waals surface area contributed by atoms with Gasteiger partial charge in [-0.15, -0.1) is 11.3 Å². The summed E-state index contributed by atoms with van der Waals surface area (Å²) >= 11 is 1.43. The summed E-state index contributed by atoms with van der Waals surface area (Å²) in [5, 5.41) is 10.6. The van der Waals surface area contributed by atoms with E-state index in [1.807, 2.05) is 16.3 Å². The van der Waals surface area contributed by atoms with Crippen molar-refractivity contribution in [1.82, 2.24) is 4.90 Å². The number of rotatable bonds is 1. The quantitative estimate of drug-likeness (QED) is 0.801. The Morgan fingerprint density at radius 2 is 2.37 bits per heavy atom. The number of aliphatic hydroxyl groups is 1. The molecule has 102 valence electrons. The molecule has 1 N–H and O–H groups in total. The van der Waals surface area contributed by atoms with Crippen molar-refractivity contribution in [3.63, 3.8) is 0 Å². The first-order valence-electron chi connectivity index (χ1n) is 6.63. The van der Waals surface area contributed by atoms with Crippen LogP contribution in [-0.4, -0.2) is 35.1 Å². The van der Waals surface area contributed by atoms with Crippen LogP contribution in [0.4, 0.5) is 0 Å². The standard InChI is InChI=1S/C15H19NO2S/c1-11-5-3-8-16(12(11)2)15(18)14-13(6-4-9-17)7-10-19-14/h7,10-12,17H,3,5,8-9H2,1-2H3. The van der Waals surface area contributed by atoms with Gasteiger partial charge in [0.1, 0.15) is 11.5 Å². The number of thiophene rings is 1. The third kappa shape index (κ3) is 2.99. The summed E-state index contributed by atoms with van der Waals surface area (Å²) in [5.41, 5.74) is 0.731. The molecule has 0 spiro atoms. The number of hydrogen-bond acceptors (Lipinski definition) is 3. The second-order valence-corrected chi connectivity index (χ2v) is 5.90. The van der Waals surface area contributed by atoms with Gasteiger partial charge in [0, 0.05) is 18.2 Å². The average Bonchev–Trinajstić information content (AvgIpc) is 2.87. The van der Waals surface area contributed by atoms with Crippen LogP contribution in [0.5, 0.6) is 0 Å². The summed E-state index contributed by atoms with van der Waals surface area (Å²) in [6, 6.07) is 2.13. The molecule has 1 aromatic rings. The topological polar surface area (TPSA) is 40.5 Å². The maximum absolute atomic E-state index is 12.6. The SMILES string of the molecule is CC1CCCN(C(=O)c2sccc2C#CCO)C1C. The number of carbonyl (C=O) groups excluding carboxylic acids is 1. The number of amides is 1. The lowest BCUT2D eigenvalue weighted by Crippen LogP contribution is -2.45. The number of hydrogen-bond donors (Lipinski definition) is 1. The molecule has 1 saturated heterocycles. The predicted molar refractivity (Wildman–Crippen MR) is 77.2 cm³/mol. The van der Waals surface area contributed by atoms with Crippen LogP contribution >= 0.6 is 11.3 Å². The second-order valence-electron chi connectivity index (χ2n) is 4.98. The van der Waals surface area contributed by atoms with Crippen molar-refractivity contribution in [2.24, 2.45) is 5.92 Å². The zero-order valence-electron chi connectivity index (χ0n) is 11.3. The monoisotopic (exact) mass is 277 g/mol. The molecule has 0 bridgehead atoms. The summed E-state index contributed by atoms with van der Waals surface area (Å²) in [5.74, 6) is 6.09. The molecule has 2 rings (SSSR count). The lowest BCUT2D eigenvalue weighted by Gasteiger charge is -2.37. The average molecular weight is 277 g/mol. The Balaban J connectivity index is 2.22. The number of likely N-dealkylation sites (tertiary alicyclic amines) is 1. The van der Waals surface area contributed by atoms with Crippen LogP contribution < -0.4 is 0 Å². The zero-order valence-corrected chi connectivity index (χ0v) is 12.2. The van der Waals surface area contributed by atoms with Crippen LogP contribution in [0.2, 0.25) is 0 Å². The van der Waals surface area contributed by atoms with E-state index >= 15 is 0 Å². The Morgan fingerprint density at radius 3 is 3.11 bits per heavy atom. The van der Waals surface area contributed by atoms with E-state index in [0.717, 1.165) is 18.5 Å². The molecule has 2 unspecified atom stereocenters. The predicted octanol–water partition coefficient (Wildman–Crippen LogP) is 2.35. The van der Waals surface area contributed by atoms with E-state index in [4.69, 9.17) is 5.11 Å². The van der Waals surface area contributed by atoms with E-state index < -0.39 is 0 Å². The van der Waals surface area contributed by atoms with E-state index in [0.29, 0.717) is 10.8 Å². The minimum absolute atomic E-state index is 0.0799. The first-order valence-corrected chi connectivity index (χ1v) is 7.51. The fourth-order valence-electron chi connectivity index (χ4n) is 2.46. The summed E-state index contributed by atoms with van der Waals surface area (Å²) in [7, 11) is 0. The van der Waals surface area contributed by atoms with Gasteiger partial charge in [-0.2, -0.15) is 0 Å². The van der Waals surface area contributed by atoms with E-state index in [1.165, 1.54) is 17.8 Å². The molecule has 1 amide bonds. The highest BCUT2D eigenvalue weighted by atomic mass is 32.1. The molecule has 2 atom stereocenters. The summed E-state index contributed by atoms with van der Waals surface area (Å²) in [6.45, 7) is 4.97. The normalized spacial score (nSPS) is 22.8. The van der Waals surface area contributed by atoms with Crippen molar-refractivity contribution in [2.75, 3.05) is 13.2 Å². The van der Waals surface area contributed by atoms with Gasteiger partial charge in [0.15, 0.2) is 0 Å². The van der Waals surface area contributed by atoms with Gasteiger partial charge in [0.25, 0.3) is 5.91 Å². The lowest BCUT2D eigenvalue weighted by molar-refractivity contribution is 0.0556. The molecular formula is C15H19NO2S. The Hall–Kier alpha value is -1.31. The highest BCUT2D eigenvalue weighted by molar-refractivity contribution is 7.12. The molecule has 0 radical (unpaired) electrons. The fraction of sp³-hybridized carbons (Fsp3) is 0.533. The molecule has 1 aromatic heterocycles. The van der Waals surface area contributed by atoms with Crippen molar-refractivity contribution in [1.29, 1.82) is 0 Å². The maximum Gasteiger partial charge on any atom is 0.265 e. The third-order valence-corrected chi connectivity index (χ3v) is 4.70. The molecule has 1 aliphatic rings. The van der Waals surface area contributed by atoms with Crippen LogP contribution in [-0.2, 0) is 0 Å². The van der Waals surface area contributed by atoms with Crippen molar-refractivity contribution < 1.29 is 9.90 Å². The van der Waals surface area contributed by atoms with Gasteiger partial charge in [-0.05, 0) is 37.1 Å². The van der Waals surface area contributed by atoms with Crippen LogP contribution in [0.3, 0.4) is 0 Å². The summed E-state index contributed by atoms with van der Waals surface area (Å²) < 4.78 is 0. The molecule has 2 heterocycles. The van der Waals surface area contributed by atoms with Crippen LogP contribution in [0.25, 0.3) is 0 Å². The van der Waals surface area contributed by atoms with Crippen LogP contribution in [0.15, 0.2) is 11.4 Å². The van der Waals surface area contributed by atoms with E-state index in [2.05, 4.69) is 25.7 Å². The van der Waals surface area contributed by atoms with Crippen molar-refractivity contribution >= 4 is 17.2 Å². The number of piperidine rings is 1. The summed E-state index contributed by atoms with van der Waals surface area (Å²) in [6.07, 6.45) is 2.26. The van der Waals surface area contributed by atoms with Gasteiger partial charge >= 0.3 is 0 Å². The smallest absolute Gasteiger partial charge is 0.265 e. The van der Waals surface area contributed by atoms with Crippen molar-refractivity contribution in [3.05, 3.63) is 21.9 Å². The number of carbonyl (C=O) groups is 1. The largest absolute Gasteiger partial charge is 0.384 e. The minimum Gasteiger partial charge on any atom is -0.384 e. The Bertz CT molecular complexity index is 512. The van der Waals surface area contributed by atoms with Crippen LogP contribution in [0, 0.1) is 17.8 Å². The molecule has 0 aromatic carbocycles. The fourth-order valence-corrected chi connectivity index (χ4v) is 3.26. The summed E-state index contributed by atoms with van der Waals surface area (Å²) in [4.78, 5) is 15.3. The van der Waals surface area contributed by atoms with Crippen LogP contribution in [0.1, 0.15) is 41.9 Å². The molecule has 1 fully saturated rings. The Morgan fingerprint density at radius 1 is 1.58 bits per heavy atom. The van der Waals surface area contributed by atoms with E-state index in [9.17, 15) is 4.79 Å². The number of nitrogens with zero attached hydrogens (tertiary/aromatic N) is 1. The van der Waals surface area contributed by atoms with Crippen molar-refractivity contribution in [3.8, 4) is 11.8 Å². The lowest BCUT2D eigenvalue weighted by atomic mass is 9.92. The zero-order chi connectivity index (χ0) is 13.8. The number of aliphatic hydroxyl groups excluding tert-OH is 1. The Kier molecular flexibility index (Phi) is 4.62. The van der Waals surface area contributed by atoms with E-state index in [1.54, 1.807) is 0 Å². The van der Waals surface area contributed by atoms with Gasteiger partial charge in [-0.25, -0.2) is 0 Å². The van der Waals surface area contributed by atoms with Gasteiger partial charge in [-0.1, -0.05) is 18.8 Å². The maximum atomic E-state index is 12.6.